The maximum atomic E-state index is 13.9. The first-order valence-corrected chi connectivity index (χ1v) is 12.3. The predicted molar refractivity (Wildman–Crippen MR) is 123 cm³/mol. The van der Waals surface area contributed by atoms with Crippen LogP contribution in [-0.2, 0) is 16.4 Å². The molecule has 162 valence electrons. The lowest BCUT2D eigenvalue weighted by Crippen LogP contribution is -2.40. The number of fused-ring (bicyclic) bond motifs is 1. The molecule has 0 bridgehead atoms. The number of benzene rings is 2. The lowest BCUT2D eigenvalue weighted by molar-refractivity contribution is 0.0668. The van der Waals surface area contributed by atoms with Crippen LogP contribution in [0.1, 0.15) is 22.5 Å². The van der Waals surface area contributed by atoms with Crippen LogP contribution in [0.25, 0.3) is 22.2 Å². The summed E-state index contributed by atoms with van der Waals surface area (Å²) < 4.78 is 29.9. The van der Waals surface area contributed by atoms with Gasteiger partial charge in [-0.25, -0.2) is 13.4 Å². The van der Waals surface area contributed by atoms with Crippen molar-refractivity contribution in [3.63, 3.8) is 0 Å². The van der Waals surface area contributed by atoms with Crippen LogP contribution in [-0.4, -0.2) is 41.8 Å². The Bertz CT molecular complexity index is 1370. The minimum absolute atomic E-state index is 0.0337. The molecule has 6 nitrogen and oxygen atoms in total. The number of furan rings is 1. The van der Waals surface area contributed by atoms with Crippen molar-refractivity contribution in [1.29, 1.82) is 0 Å². The maximum Gasteiger partial charge on any atom is 0.255 e. The second-order valence-electron chi connectivity index (χ2n) is 8.01. The lowest BCUT2D eigenvalue weighted by atomic mass is 10.0. The van der Waals surface area contributed by atoms with Crippen molar-refractivity contribution in [1.82, 2.24) is 9.88 Å². The average molecular weight is 447 g/mol. The highest BCUT2D eigenvalue weighted by Gasteiger charge is 2.36. The molecule has 1 saturated heterocycles. The third-order valence-corrected chi connectivity index (χ3v) is 7.58. The normalized spacial score (nSPS) is 17.4. The molecule has 1 aliphatic rings. The molecule has 7 heteroatoms. The fourth-order valence-electron chi connectivity index (χ4n) is 4.22. The molecule has 32 heavy (non-hydrogen) atoms. The van der Waals surface area contributed by atoms with Gasteiger partial charge in [0.1, 0.15) is 5.76 Å². The number of hydrogen-bond donors (Lipinski definition) is 0. The Kier molecular flexibility index (Phi) is 5.27. The highest BCUT2D eigenvalue weighted by atomic mass is 32.2. The van der Waals surface area contributed by atoms with Crippen molar-refractivity contribution >= 4 is 26.6 Å². The van der Waals surface area contributed by atoms with E-state index < -0.39 is 15.9 Å². The number of nitrogens with zero attached hydrogens (tertiary/aromatic N) is 2. The molecule has 1 aliphatic heterocycles. The van der Waals surface area contributed by atoms with Crippen LogP contribution in [0.2, 0.25) is 0 Å². The topological polar surface area (TPSA) is 80.5 Å². The highest BCUT2D eigenvalue weighted by Crippen LogP contribution is 2.29. The van der Waals surface area contributed by atoms with E-state index in [0.717, 1.165) is 10.9 Å². The number of carbonyl (C=O) groups excluding carboxylic acids is 1. The first-order chi connectivity index (χ1) is 15.5. The molecule has 1 amide bonds. The largest absolute Gasteiger partial charge is 0.467 e. The second-order valence-corrected chi connectivity index (χ2v) is 10.2. The summed E-state index contributed by atoms with van der Waals surface area (Å²) in [6, 6.07) is 22.2. The number of aromatic nitrogens is 1. The van der Waals surface area contributed by atoms with Crippen LogP contribution < -0.4 is 0 Å². The third kappa shape index (κ3) is 4.03. The summed E-state index contributed by atoms with van der Waals surface area (Å²) in [5.41, 5.74) is 2.83. The van der Waals surface area contributed by atoms with Crippen molar-refractivity contribution in [2.24, 2.45) is 0 Å². The van der Waals surface area contributed by atoms with Crippen molar-refractivity contribution in [2.45, 2.75) is 19.0 Å². The van der Waals surface area contributed by atoms with E-state index in [1.54, 1.807) is 29.4 Å². The van der Waals surface area contributed by atoms with Gasteiger partial charge < -0.3 is 9.32 Å². The van der Waals surface area contributed by atoms with Crippen LogP contribution in [0.3, 0.4) is 0 Å². The number of hydrogen-bond acceptors (Lipinski definition) is 5. The zero-order valence-electron chi connectivity index (χ0n) is 17.3. The highest BCUT2D eigenvalue weighted by molar-refractivity contribution is 7.91. The third-order valence-electron chi connectivity index (χ3n) is 5.83. The molecule has 5 rings (SSSR count). The molecule has 3 heterocycles. The monoisotopic (exact) mass is 446 g/mol. The Morgan fingerprint density at radius 3 is 2.53 bits per heavy atom. The maximum absolute atomic E-state index is 13.9. The standard InChI is InChI=1S/C25H22N2O4S/c28-25(27(16-20-9-6-13-31-20)19-12-14-32(29,30)17-19)22-15-24(18-7-2-1-3-8-18)26-23-11-5-4-10-21(22)23/h1-11,13,15,19H,12,14,16-17H2/t19-/m0/s1. The Morgan fingerprint density at radius 1 is 1.03 bits per heavy atom. The van der Waals surface area contributed by atoms with E-state index in [-0.39, 0.29) is 24.0 Å². The molecule has 4 aromatic rings. The van der Waals surface area contributed by atoms with Crippen LogP contribution in [0.4, 0.5) is 0 Å². The molecule has 0 saturated carbocycles. The molecular formula is C25H22N2O4S. The van der Waals surface area contributed by atoms with Gasteiger partial charge in [0, 0.05) is 17.0 Å². The van der Waals surface area contributed by atoms with Crippen molar-refractivity contribution in [3.8, 4) is 11.3 Å². The average Bonchev–Trinajstić information content (AvgIpc) is 3.46. The Hall–Kier alpha value is -3.45. The Labute approximate surface area is 186 Å². The quantitative estimate of drug-likeness (QED) is 0.456. The summed E-state index contributed by atoms with van der Waals surface area (Å²) in [6.45, 7) is 0.212. The van der Waals surface area contributed by atoms with Crippen molar-refractivity contribution < 1.29 is 17.6 Å². The first kappa shape index (κ1) is 20.5. The molecule has 0 radical (unpaired) electrons. The van der Waals surface area contributed by atoms with Gasteiger partial charge >= 0.3 is 0 Å². The van der Waals surface area contributed by atoms with Crippen LogP contribution in [0, 0.1) is 0 Å². The van der Waals surface area contributed by atoms with E-state index in [1.165, 1.54) is 0 Å². The van der Waals surface area contributed by atoms with Gasteiger partial charge in [0.2, 0.25) is 0 Å². The Balaban J connectivity index is 1.62. The molecule has 1 atom stereocenters. The van der Waals surface area contributed by atoms with Gasteiger partial charge in [0.25, 0.3) is 5.91 Å². The molecule has 1 fully saturated rings. The fourth-order valence-corrected chi connectivity index (χ4v) is 5.95. The summed E-state index contributed by atoms with van der Waals surface area (Å²) in [5.74, 6) is 0.448. The molecule has 0 aliphatic carbocycles. The van der Waals surface area contributed by atoms with Crippen LogP contribution in [0.5, 0.6) is 0 Å². The smallest absolute Gasteiger partial charge is 0.255 e. The minimum Gasteiger partial charge on any atom is -0.467 e. The first-order valence-electron chi connectivity index (χ1n) is 10.5. The van der Waals surface area contributed by atoms with Gasteiger partial charge in [-0.15, -0.1) is 0 Å². The van der Waals surface area contributed by atoms with Crippen LogP contribution >= 0.6 is 0 Å². The number of sulfone groups is 1. The van der Waals surface area contributed by atoms with Crippen LogP contribution in [0.15, 0.2) is 83.5 Å². The number of pyridine rings is 1. The zero-order valence-corrected chi connectivity index (χ0v) is 18.2. The summed E-state index contributed by atoms with van der Waals surface area (Å²) in [5, 5.41) is 0.738. The molecule has 0 unspecified atom stereocenters. The lowest BCUT2D eigenvalue weighted by Gasteiger charge is -2.28. The van der Waals surface area contributed by atoms with Gasteiger partial charge in [-0.2, -0.15) is 0 Å². The number of para-hydroxylation sites is 1. The molecule has 2 aromatic carbocycles. The fraction of sp³-hybridized carbons (Fsp3) is 0.200. The van der Waals surface area contributed by atoms with Gasteiger partial charge in [0.05, 0.1) is 41.1 Å². The van der Waals surface area contributed by atoms with Gasteiger partial charge in [-0.05, 0) is 30.7 Å². The summed E-state index contributed by atoms with van der Waals surface area (Å²) in [4.78, 5) is 20.3. The number of carbonyl (C=O) groups is 1. The van der Waals surface area contributed by atoms with E-state index in [1.807, 2.05) is 54.6 Å². The summed E-state index contributed by atoms with van der Waals surface area (Å²) >= 11 is 0. The SMILES string of the molecule is O=C(c1cc(-c2ccccc2)nc2ccccc12)N(Cc1ccco1)[C@H]1CCS(=O)(=O)C1. The second kappa shape index (κ2) is 8.24. The zero-order chi connectivity index (χ0) is 22.1. The minimum atomic E-state index is -3.17. The summed E-state index contributed by atoms with van der Waals surface area (Å²) in [7, 11) is -3.17. The van der Waals surface area contributed by atoms with Gasteiger partial charge in [-0.1, -0.05) is 48.5 Å². The molecule has 0 spiro atoms. The Morgan fingerprint density at radius 2 is 1.81 bits per heavy atom. The van der Waals surface area contributed by atoms with Crippen molar-refractivity contribution in [2.75, 3.05) is 11.5 Å². The molecule has 0 N–H and O–H groups in total. The van der Waals surface area contributed by atoms with E-state index in [9.17, 15) is 13.2 Å². The van der Waals surface area contributed by atoms with Crippen molar-refractivity contribution in [3.05, 3.63) is 90.4 Å². The van der Waals surface area contributed by atoms with E-state index in [0.29, 0.717) is 29.0 Å². The molecule has 2 aromatic heterocycles. The molecular weight excluding hydrogens is 424 g/mol. The number of rotatable bonds is 5. The van der Waals surface area contributed by atoms with Gasteiger partial charge in [0.15, 0.2) is 9.84 Å². The van der Waals surface area contributed by atoms with E-state index in [2.05, 4.69) is 0 Å². The number of amides is 1. The summed E-state index contributed by atoms with van der Waals surface area (Å²) in [6.07, 6.45) is 1.97. The van der Waals surface area contributed by atoms with E-state index >= 15 is 0 Å². The predicted octanol–water partition coefficient (Wildman–Crippen LogP) is 4.32. The van der Waals surface area contributed by atoms with E-state index in [4.69, 9.17) is 9.40 Å². The van der Waals surface area contributed by atoms with Gasteiger partial charge in [-0.3, -0.25) is 4.79 Å².